The molecule has 2 saturated carbocycles. The molecule has 1 N–H and O–H groups in total. The molecule has 1 amide bonds. The van der Waals surface area contributed by atoms with Crippen molar-refractivity contribution in [2.24, 2.45) is 5.92 Å². The van der Waals surface area contributed by atoms with Gasteiger partial charge in [-0.25, -0.2) is 0 Å². The van der Waals surface area contributed by atoms with Gasteiger partial charge in [0.15, 0.2) is 5.69 Å². The lowest BCUT2D eigenvalue weighted by atomic mass is 9.84. The summed E-state index contributed by atoms with van der Waals surface area (Å²) in [5, 5.41) is 6.97. The highest BCUT2D eigenvalue weighted by atomic mass is 16.5. The van der Waals surface area contributed by atoms with Crippen LogP contribution in [0, 0.1) is 5.92 Å². The molecule has 19 heavy (non-hydrogen) atoms. The number of carbonyl (C=O) groups excluding carboxylic acids is 1. The molecular formula is C15H22N2O2. The minimum atomic E-state index is -0.0891. The number of carbonyl (C=O) groups is 1. The highest BCUT2D eigenvalue weighted by Crippen LogP contribution is 2.40. The quantitative estimate of drug-likeness (QED) is 0.906. The van der Waals surface area contributed by atoms with Crippen molar-refractivity contribution in [3.05, 3.63) is 17.5 Å². The van der Waals surface area contributed by atoms with Crippen molar-refractivity contribution >= 4 is 5.91 Å². The molecule has 104 valence electrons. The molecule has 4 nitrogen and oxygen atoms in total. The van der Waals surface area contributed by atoms with E-state index >= 15 is 0 Å². The summed E-state index contributed by atoms with van der Waals surface area (Å²) in [5.41, 5.74) is 0.435. The molecule has 0 aliphatic heterocycles. The van der Waals surface area contributed by atoms with Crippen molar-refractivity contribution < 1.29 is 9.32 Å². The number of rotatable bonds is 4. The Balaban J connectivity index is 1.56. The van der Waals surface area contributed by atoms with E-state index in [2.05, 4.69) is 17.4 Å². The van der Waals surface area contributed by atoms with Crippen LogP contribution in [0.2, 0.25) is 0 Å². The van der Waals surface area contributed by atoms with E-state index in [1.165, 1.54) is 32.1 Å². The van der Waals surface area contributed by atoms with Gasteiger partial charge in [0, 0.05) is 18.0 Å². The molecule has 0 radical (unpaired) electrons. The van der Waals surface area contributed by atoms with E-state index < -0.39 is 0 Å². The number of amides is 1. The monoisotopic (exact) mass is 262 g/mol. The molecule has 0 spiro atoms. The average molecular weight is 262 g/mol. The Kier molecular flexibility index (Phi) is 3.58. The third-order valence-electron chi connectivity index (χ3n) is 4.46. The number of hydrogen-bond acceptors (Lipinski definition) is 3. The van der Waals surface area contributed by atoms with Crippen molar-refractivity contribution in [2.45, 2.75) is 63.8 Å². The summed E-state index contributed by atoms with van der Waals surface area (Å²) in [6.45, 7) is 2.11. The van der Waals surface area contributed by atoms with Crippen molar-refractivity contribution in [3.63, 3.8) is 0 Å². The van der Waals surface area contributed by atoms with E-state index in [1.807, 2.05) is 0 Å². The third-order valence-corrected chi connectivity index (χ3v) is 4.46. The van der Waals surface area contributed by atoms with Crippen molar-refractivity contribution in [1.82, 2.24) is 10.5 Å². The Morgan fingerprint density at radius 3 is 2.74 bits per heavy atom. The lowest BCUT2D eigenvalue weighted by molar-refractivity contribution is 0.0910. The highest BCUT2D eigenvalue weighted by molar-refractivity contribution is 5.92. The minimum Gasteiger partial charge on any atom is -0.360 e. The first-order valence-corrected chi connectivity index (χ1v) is 7.51. The fraction of sp³-hybridized carbons (Fsp3) is 0.733. The first-order valence-electron chi connectivity index (χ1n) is 7.51. The summed E-state index contributed by atoms with van der Waals surface area (Å²) in [4.78, 5) is 12.1. The van der Waals surface area contributed by atoms with Crippen LogP contribution in [0.4, 0.5) is 0 Å². The molecule has 0 bridgehead atoms. The number of hydrogen-bond donors (Lipinski definition) is 1. The summed E-state index contributed by atoms with van der Waals surface area (Å²) >= 11 is 0. The van der Waals surface area contributed by atoms with Crippen LogP contribution in [0.5, 0.6) is 0 Å². The Hall–Kier alpha value is -1.32. The second-order valence-corrected chi connectivity index (χ2v) is 6.05. The highest BCUT2D eigenvalue weighted by Gasteiger charge is 2.29. The van der Waals surface area contributed by atoms with Crippen LogP contribution in [0.25, 0.3) is 0 Å². The van der Waals surface area contributed by atoms with Crippen LogP contribution < -0.4 is 5.32 Å². The maximum absolute atomic E-state index is 12.1. The molecule has 0 aromatic carbocycles. The van der Waals surface area contributed by atoms with Gasteiger partial charge in [-0.05, 0) is 38.5 Å². The van der Waals surface area contributed by atoms with Crippen LogP contribution in [0.1, 0.15) is 74.0 Å². The van der Waals surface area contributed by atoms with E-state index in [0.29, 0.717) is 17.5 Å². The fourth-order valence-electron chi connectivity index (χ4n) is 2.99. The van der Waals surface area contributed by atoms with Gasteiger partial charge in [0.25, 0.3) is 5.91 Å². The predicted octanol–water partition coefficient (Wildman–Crippen LogP) is 3.25. The number of nitrogens with one attached hydrogen (secondary N) is 1. The van der Waals surface area contributed by atoms with Gasteiger partial charge in [-0.15, -0.1) is 0 Å². The molecule has 0 saturated heterocycles. The summed E-state index contributed by atoms with van der Waals surface area (Å²) < 4.78 is 5.23. The summed E-state index contributed by atoms with van der Waals surface area (Å²) in [6.07, 6.45) is 8.71. The molecule has 1 aromatic rings. The lowest BCUT2D eigenvalue weighted by Gasteiger charge is -2.27. The molecular weight excluding hydrogens is 240 g/mol. The maximum atomic E-state index is 12.1. The molecule has 3 rings (SSSR count). The van der Waals surface area contributed by atoms with Gasteiger partial charge in [0.1, 0.15) is 5.76 Å². The standard InChI is InChI=1S/C15H22N2O2/c1-10(11-5-3-2-4-6-11)16-15(18)13-9-14(19-17-13)12-7-8-12/h9-12H,2-8H2,1H3,(H,16,18). The van der Waals surface area contributed by atoms with E-state index in [1.54, 1.807) is 6.07 Å². The normalized spacial score (nSPS) is 22.2. The average Bonchev–Trinajstić information content (AvgIpc) is 3.17. The van der Waals surface area contributed by atoms with Gasteiger partial charge in [0.2, 0.25) is 0 Å². The Morgan fingerprint density at radius 1 is 1.32 bits per heavy atom. The van der Waals surface area contributed by atoms with Gasteiger partial charge in [-0.2, -0.15) is 0 Å². The van der Waals surface area contributed by atoms with E-state index in [-0.39, 0.29) is 11.9 Å². The minimum absolute atomic E-state index is 0.0891. The van der Waals surface area contributed by atoms with E-state index in [9.17, 15) is 4.79 Å². The van der Waals surface area contributed by atoms with E-state index in [4.69, 9.17) is 4.52 Å². The van der Waals surface area contributed by atoms with Crippen LogP contribution in [-0.2, 0) is 0 Å². The molecule has 1 unspecified atom stereocenters. The second kappa shape index (κ2) is 5.35. The third kappa shape index (κ3) is 2.99. The Labute approximate surface area is 113 Å². The lowest BCUT2D eigenvalue weighted by Crippen LogP contribution is -2.39. The first-order chi connectivity index (χ1) is 9.24. The Morgan fingerprint density at radius 2 is 2.05 bits per heavy atom. The predicted molar refractivity (Wildman–Crippen MR) is 72.0 cm³/mol. The van der Waals surface area contributed by atoms with Crippen LogP contribution in [-0.4, -0.2) is 17.1 Å². The topological polar surface area (TPSA) is 55.1 Å². The molecule has 4 heteroatoms. The summed E-state index contributed by atoms with van der Waals surface area (Å²) in [7, 11) is 0. The molecule has 1 atom stereocenters. The van der Waals surface area contributed by atoms with Gasteiger partial charge in [-0.1, -0.05) is 24.4 Å². The number of aromatic nitrogens is 1. The van der Waals surface area contributed by atoms with Gasteiger partial charge >= 0.3 is 0 Å². The van der Waals surface area contributed by atoms with Crippen molar-refractivity contribution in [2.75, 3.05) is 0 Å². The molecule has 1 aromatic heterocycles. The smallest absolute Gasteiger partial charge is 0.273 e. The molecule has 2 aliphatic carbocycles. The maximum Gasteiger partial charge on any atom is 0.273 e. The van der Waals surface area contributed by atoms with Crippen LogP contribution in [0.3, 0.4) is 0 Å². The van der Waals surface area contributed by atoms with Gasteiger partial charge in [0.05, 0.1) is 0 Å². The van der Waals surface area contributed by atoms with Gasteiger partial charge in [-0.3, -0.25) is 4.79 Å². The number of nitrogens with zero attached hydrogens (tertiary/aromatic N) is 1. The van der Waals surface area contributed by atoms with Gasteiger partial charge < -0.3 is 9.84 Å². The molecule has 1 heterocycles. The molecule has 2 aliphatic rings. The second-order valence-electron chi connectivity index (χ2n) is 6.05. The Bertz CT molecular complexity index is 445. The summed E-state index contributed by atoms with van der Waals surface area (Å²) in [6, 6.07) is 2.04. The van der Waals surface area contributed by atoms with Crippen molar-refractivity contribution in [3.8, 4) is 0 Å². The summed E-state index contributed by atoms with van der Waals surface area (Å²) in [5.74, 6) is 1.90. The van der Waals surface area contributed by atoms with Crippen molar-refractivity contribution in [1.29, 1.82) is 0 Å². The fourth-order valence-corrected chi connectivity index (χ4v) is 2.99. The van der Waals surface area contributed by atoms with Crippen LogP contribution in [0.15, 0.2) is 10.6 Å². The zero-order chi connectivity index (χ0) is 13.2. The molecule has 2 fully saturated rings. The van der Waals surface area contributed by atoms with E-state index in [0.717, 1.165) is 18.6 Å². The zero-order valence-electron chi connectivity index (χ0n) is 11.5. The van der Waals surface area contributed by atoms with Crippen LogP contribution >= 0.6 is 0 Å². The first kappa shape index (κ1) is 12.7. The SMILES string of the molecule is CC(NC(=O)c1cc(C2CC2)on1)C1CCCCC1. The zero-order valence-corrected chi connectivity index (χ0v) is 11.5. The largest absolute Gasteiger partial charge is 0.360 e.